The summed E-state index contributed by atoms with van der Waals surface area (Å²) in [5, 5.41) is 45.9. The molecule has 2 saturated heterocycles. The van der Waals surface area contributed by atoms with Gasteiger partial charge in [-0.3, -0.25) is 4.79 Å². The van der Waals surface area contributed by atoms with E-state index in [1.807, 2.05) is 46.8 Å². The lowest BCUT2D eigenvalue weighted by atomic mass is 9.78. The molecule has 0 aromatic rings. The summed E-state index contributed by atoms with van der Waals surface area (Å²) < 4.78 is 18.4. The first kappa shape index (κ1) is 35.3. The zero-order valence-electron chi connectivity index (χ0n) is 26.7. The first-order valence-corrected chi connectivity index (χ1v) is 15.0. The molecule has 2 aliphatic heterocycles. The third-order valence-corrected chi connectivity index (χ3v) is 9.39. The maximum atomic E-state index is 13.3. The Morgan fingerprint density at radius 2 is 1.68 bits per heavy atom. The molecule has 0 aliphatic carbocycles. The van der Waals surface area contributed by atoms with Crippen molar-refractivity contribution >= 4 is 5.97 Å². The van der Waals surface area contributed by atoms with Crippen molar-refractivity contribution in [2.75, 3.05) is 27.7 Å². The van der Waals surface area contributed by atoms with Gasteiger partial charge < -0.3 is 44.4 Å². The number of cyclic esters (lactones) is 1. The first-order chi connectivity index (χ1) is 18.3. The van der Waals surface area contributed by atoms with Crippen LogP contribution >= 0.6 is 0 Å². The maximum Gasteiger partial charge on any atom is 0.311 e. The first-order valence-electron chi connectivity index (χ1n) is 15.0. The zero-order valence-corrected chi connectivity index (χ0v) is 26.7. The second-order valence-electron chi connectivity index (χ2n) is 13.5. The van der Waals surface area contributed by atoms with Crippen molar-refractivity contribution in [2.24, 2.45) is 17.8 Å². The molecular weight excluding hydrogens is 516 g/mol. The average molecular weight is 575 g/mol. The SMILES string of the molecule is CC[C@H]1OC(=O)[C@H](C)[C@@H](O)[C@H](C)[C@@H](O[C@H]2C[C@H](N(C)C)C[C@@H](C)O2)[C@@](C)(O)C[C@@H](C)CN(C)[C@H](C)[C@@H](O)[C@]1(C)O. The summed E-state index contributed by atoms with van der Waals surface area (Å²) in [5.41, 5.74) is -3.09. The summed E-state index contributed by atoms with van der Waals surface area (Å²) in [6.45, 7) is 14.7. The topological polar surface area (TPSA) is 132 Å². The van der Waals surface area contributed by atoms with E-state index in [2.05, 4.69) is 4.90 Å². The monoisotopic (exact) mass is 574 g/mol. The van der Waals surface area contributed by atoms with Crippen molar-refractivity contribution in [1.82, 2.24) is 9.80 Å². The van der Waals surface area contributed by atoms with Crippen LogP contribution in [0.2, 0.25) is 0 Å². The Hall–Kier alpha value is -0.850. The number of ether oxygens (including phenoxy) is 3. The van der Waals surface area contributed by atoms with Gasteiger partial charge in [-0.25, -0.2) is 0 Å². The van der Waals surface area contributed by atoms with E-state index in [1.54, 1.807) is 27.7 Å². The number of hydrogen-bond acceptors (Lipinski definition) is 10. The molecule has 0 aromatic carbocycles. The fourth-order valence-electron chi connectivity index (χ4n) is 6.68. The van der Waals surface area contributed by atoms with Crippen LogP contribution in [0.5, 0.6) is 0 Å². The maximum absolute atomic E-state index is 13.3. The highest BCUT2D eigenvalue weighted by molar-refractivity contribution is 5.73. The summed E-state index contributed by atoms with van der Waals surface area (Å²) in [7, 11) is 5.91. The van der Waals surface area contributed by atoms with Gasteiger partial charge in [0.2, 0.25) is 0 Å². The van der Waals surface area contributed by atoms with E-state index in [-0.39, 0.29) is 24.5 Å². The molecule has 0 saturated carbocycles. The third-order valence-electron chi connectivity index (χ3n) is 9.39. The smallest absolute Gasteiger partial charge is 0.311 e. The van der Waals surface area contributed by atoms with E-state index in [1.165, 1.54) is 6.92 Å². The van der Waals surface area contributed by atoms with Crippen molar-refractivity contribution in [2.45, 2.75) is 141 Å². The molecular formula is C30H58N2O8. The normalized spacial score (nSPS) is 47.4. The number of aliphatic hydroxyl groups excluding tert-OH is 2. The van der Waals surface area contributed by atoms with Crippen LogP contribution in [0.1, 0.15) is 81.1 Å². The molecule has 236 valence electrons. The molecule has 40 heavy (non-hydrogen) atoms. The number of aliphatic hydroxyl groups is 4. The quantitative estimate of drug-likeness (QED) is 0.370. The predicted molar refractivity (Wildman–Crippen MR) is 154 cm³/mol. The van der Waals surface area contributed by atoms with Gasteiger partial charge in [-0.1, -0.05) is 20.8 Å². The van der Waals surface area contributed by atoms with E-state index in [0.29, 0.717) is 19.4 Å². The van der Waals surface area contributed by atoms with Crippen LogP contribution in [0.3, 0.4) is 0 Å². The van der Waals surface area contributed by atoms with Crippen molar-refractivity contribution in [3.8, 4) is 0 Å². The molecule has 4 N–H and O–H groups in total. The van der Waals surface area contributed by atoms with Crippen LogP contribution in [-0.4, -0.2) is 124 Å². The van der Waals surface area contributed by atoms with E-state index in [9.17, 15) is 25.2 Å². The summed E-state index contributed by atoms with van der Waals surface area (Å²) >= 11 is 0. The standard InChI is InChI=1S/C30H58N2O8/c1-12-23-30(8,37)26(34)21(6)32(11)16-17(2)15-29(7,36)27(19(4)25(33)20(5)28(35)39-23)40-24-14-22(31(9)10)13-18(3)38-24/h17-27,33-34,36-37H,12-16H2,1-11H3/t17-,18-,19+,20-,21-,22-,23-,24+,25+,26-,27-,29+,30-/m1/s1. The number of nitrogens with zero attached hydrogens (tertiary/aromatic N) is 2. The van der Waals surface area contributed by atoms with Crippen molar-refractivity contribution in [1.29, 1.82) is 0 Å². The molecule has 2 fully saturated rings. The molecule has 0 radical (unpaired) electrons. The summed E-state index contributed by atoms with van der Waals surface area (Å²) in [4.78, 5) is 17.4. The number of rotatable bonds is 4. The van der Waals surface area contributed by atoms with Gasteiger partial charge >= 0.3 is 5.97 Å². The highest BCUT2D eigenvalue weighted by Crippen LogP contribution is 2.36. The minimum Gasteiger partial charge on any atom is -0.459 e. The lowest BCUT2D eigenvalue weighted by Crippen LogP contribution is -2.59. The van der Waals surface area contributed by atoms with E-state index in [0.717, 1.165) is 6.42 Å². The lowest BCUT2D eigenvalue weighted by molar-refractivity contribution is -0.267. The van der Waals surface area contributed by atoms with Crippen LogP contribution < -0.4 is 0 Å². The van der Waals surface area contributed by atoms with E-state index >= 15 is 0 Å². The van der Waals surface area contributed by atoms with Crippen LogP contribution in [0, 0.1) is 17.8 Å². The van der Waals surface area contributed by atoms with Gasteiger partial charge in [-0.2, -0.15) is 0 Å². The second kappa shape index (κ2) is 14.1. The molecule has 2 aliphatic rings. The van der Waals surface area contributed by atoms with Gasteiger partial charge in [0.15, 0.2) is 6.29 Å². The highest BCUT2D eigenvalue weighted by Gasteiger charge is 2.48. The van der Waals surface area contributed by atoms with Crippen LogP contribution in [-0.2, 0) is 19.0 Å². The molecule has 0 aromatic heterocycles. The molecule has 0 bridgehead atoms. The van der Waals surface area contributed by atoms with Gasteiger partial charge in [0.05, 0.1) is 29.8 Å². The molecule has 2 heterocycles. The fraction of sp³-hybridized carbons (Fsp3) is 0.967. The number of hydrogen-bond donors (Lipinski definition) is 4. The van der Waals surface area contributed by atoms with Gasteiger partial charge in [-0.05, 0) is 80.9 Å². The van der Waals surface area contributed by atoms with Crippen LogP contribution in [0.15, 0.2) is 0 Å². The van der Waals surface area contributed by atoms with Gasteiger partial charge in [0, 0.05) is 31.0 Å². The van der Waals surface area contributed by atoms with Crippen LogP contribution in [0.25, 0.3) is 0 Å². The number of likely N-dealkylation sites (N-methyl/N-ethyl adjacent to an activating group) is 1. The van der Waals surface area contributed by atoms with Crippen LogP contribution in [0.4, 0.5) is 0 Å². The Labute approximate surface area is 242 Å². The average Bonchev–Trinajstić information content (AvgIpc) is 2.86. The Morgan fingerprint density at radius 1 is 1.07 bits per heavy atom. The van der Waals surface area contributed by atoms with Gasteiger partial charge in [-0.15, -0.1) is 0 Å². The van der Waals surface area contributed by atoms with Gasteiger partial charge in [0.25, 0.3) is 0 Å². The summed E-state index contributed by atoms with van der Waals surface area (Å²) in [6, 6.07) is -0.219. The minimum atomic E-state index is -1.72. The Bertz CT molecular complexity index is 809. The van der Waals surface area contributed by atoms with E-state index in [4.69, 9.17) is 14.2 Å². The number of carbonyl (C=O) groups is 1. The molecule has 10 nitrogen and oxygen atoms in total. The Morgan fingerprint density at radius 3 is 2.23 bits per heavy atom. The predicted octanol–water partition coefficient (Wildman–Crippen LogP) is 2.00. The largest absolute Gasteiger partial charge is 0.459 e. The molecule has 0 spiro atoms. The third kappa shape index (κ3) is 8.37. The molecule has 2 rings (SSSR count). The fourth-order valence-corrected chi connectivity index (χ4v) is 6.68. The number of carbonyl (C=O) groups excluding carboxylic acids is 1. The second-order valence-corrected chi connectivity index (χ2v) is 13.5. The van der Waals surface area contributed by atoms with Crippen molar-refractivity contribution < 1.29 is 39.4 Å². The summed E-state index contributed by atoms with van der Waals surface area (Å²) in [5.74, 6) is -2.34. The molecule has 13 atom stereocenters. The van der Waals surface area contributed by atoms with E-state index < -0.39 is 65.8 Å². The Balaban J connectivity index is 2.48. The lowest BCUT2D eigenvalue weighted by Gasteiger charge is -2.45. The zero-order chi connectivity index (χ0) is 30.7. The van der Waals surface area contributed by atoms with Crippen molar-refractivity contribution in [3.63, 3.8) is 0 Å². The Kier molecular flexibility index (Phi) is 12.4. The minimum absolute atomic E-state index is 0.0295. The molecule has 0 unspecified atom stereocenters. The van der Waals surface area contributed by atoms with Gasteiger partial charge in [0.1, 0.15) is 17.8 Å². The van der Waals surface area contributed by atoms with Crippen molar-refractivity contribution in [3.05, 3.63) is 0 Å². The molecule has 10 heteroatoms. The number of esters is 1. The highest BCUT2D eigenvalue weighted by atomic mass is 16.7. The molecule has 0 amide bonds. The summed E-state index contributed by atoms with van der Waals surface area (Å²) in [6.07, 6.45) is -2.75.